The van der Waals surface area contributed by atoms with Crippen molar-refractivity contribution < 1.29 is 0 Å². The summed E-state index contributed by atoms with van der Waals surface area (Å²) < 4.78 is 2.70. The van der Waals surface area contributed by atoms with E-state index >= 15 is 0 Å². The molecule has 1 N–H and O–H groups in total. The van der Waals surface area contributed by atoms with Gasteiger partial charge in [-0.3, -0.25) is 0 Å². The Bertz CT molecular complexity index is 2520. The molecule has 0 radical (unpaired) electrons. The molecule has 0 saturated carbocycles. The van der Waals surface area contributed by atoms with Crippen LogP contribution in [0.4, 0.5) is 11.4 Å². The van der Waals surface area contributed by atoms with Crippen molar-refractivity contribution in [3.63, 3.8) is 0 Å². The third-order valence-electron chi connectivity index (χ3n) is 8.87. The van der Waals surface area contributed by atoms with Gasteiger partial charge >= 0.3 is 0 Å². The van der Waals surface area contributed by atoms with E-state index in [9.17, 15) is 0 Å². The van der Waals surface area contributed by atoms with Crippen molar-refractivity contribution in [3.05, 3.63) is 158 Å². The highest BCUT2D eigenvalue weighted by Crippen LogP contribution is 2.45. The van der Waals surface area contributed by atoms with E-state index in [1.807, 2.05) is 11.3 Å². The van der Waals surface area contributed by atoms with Gasteiger partial charge in [0.15, 0.2) is 0 Å². The zero-order chi connectivity index (χ0) is 29.0. The first-order chi connectivity index (χ1) is 21.8. The first-order valence-corrected chi connectivity index (χ1v) is 15.8. The van der Waals surface area contributed by atoms with E-state index in [0.29, 0.717) is 0 Å². The minimum Gasteiger partial charge on any atom is -0.355 e. The monoisotopic (exact) mass is 577 g/mol. The number of rotatable bonds is 4. The molecule has 0 aliphatic rings. The van der Waals surface area contributed by atoms with Crippen LogP contribution in [0.2, 0.25) is 0 Å². The van der Waals surface area contributed by atoms with Gasteiger partial charge in [0.05, 0.1) is 0 Å². The van der Waals surface area contributed by atoms with E-state index < -0.39 is 0 Å². The van der Waals surface area contributed by atoms with Crippen molar-refractivity contribution in [1.29, 1.82) is 0 Å². The molecule has 44 heavy (non-hydrogen) atoms. The lowest BCUT2D eigenvalue weighted by atomic mass is 9.95. The fourth-order valence-electron chi connectivity index (χ4n) is 6.75. The Labute approximate surface area is 259 Å². The van der Waals surface area contributed by atoms with Gasteiger partial charge in [0.25, 0.3) is 0 Å². The zero-order valence-electron chi connectivity index (χ0n) is 23.9. The number of hydrogen-bond donors (Lipinski definition) is 1. The van der Waals surface area contributed by atoms with Gasteiger partial charge in [-0.25, -0.2) is 0 Å². The quantitative estimate of drug-likeness (QED) is 0.219. The molecule has 0 fully saturated rings. The summed E-state index contributed by atoms with van der Waals surface area (Å²) in [6.07, 6.45) is 0. The third kappa shape index (κ3) is 4.00. The van der Waals surface area contributed by atoms with Gasteiger partial charge < -0.3 is 5.32 Å². The molecule has 1 aromatic heterocycles. The number of fused-ring (bicyclic) bond motifs is 7. The van der Waals surface area contributed by atoms with Crippen LogP contribution in [-0.4, -0.2) is 0 Å². The number of thiophene rings is 1. The van der Waals surface area contributed by atoms with Crippen LogP contribution < -0.4 is 5.32 Å². The predicted octanol–water partition coefficient (Wildman–Crippen LogP) is 12.6. The molecule has 0 spiro atoms. The first-order valence-electron chi connectivity index (χ1n) is 15.0. The summed E-state index contributed by atoms with van der Waals surface area (Å²) in [5.41, 5.74) is 7.21. The second-order valence-electron chi connectivity index (χ2n) is 11.4. The summed E-state index contributed by atoms with van der Waals surface area (Å²) >= 11 is 1.91. The van der Waals surface area contributed by atoms with Crippen molar-refractivity contribution in [1.82, 2.24) is 0 Å². The second kappa shape index (κ2) is 10.1. The summed E-state index contributed by atoms with van der Waals surface area (Å²) in [4.78, 5) is 0. The Balaban J connectivity index is 1.12. The Morgan fingerprint density at radius 1 is 0.341 bits per heavy atom. The fraction of sp³-hybridized carbons (Fsp3) is 0. The van der Waals surface area contributed by atoms with E-state index in [-0.39, 0.29) is 0 Å². The van der Waals surface area contributed by atoms with Gasteiger partial charge in [-0.2, -0.15) is 0 Å². The van der Waals surface area contributed by atoms with E-state index in [4.69, 9.17) is 0 Å². The van der Waals surface area contributed by atoms with Gasteiger partial charge in [-0.05, 0) is 61.8 Å². The Morgan fingerprint density at radius 2 is 0.955 bits per heavy atom. The average molecular weight is 578 g/mol. The maximum Gasteiger partial charge on any atom is 0.0464 e. The normalized spacial score (nSPS) is 11.6. The maximum absolute atomic E-state index is 3.72. The van der Waals surface area contributed by atoms with Crippen molar-refractivity contribution >= 4 is 75.2 Å². The van der Waals surface area contributed by atoms with E-state index in [1.54, 1.807) is 0 Å². The highest BCUT2D eigenvalue weighted by molar-refractivity contribution is 7.27. The number of anilines is 2. The highest BCUT2D eigenvalue weighted by atomic mass is 32.1. The van der Waals surface area contributed by atoms with Gasteiger partial charge in [0, 0.05) is 42.5 Å². The van der Waals surface area contributed by atoms with Crippen molar-refractivity contribution in [2.24, 2.45) is 0 Å². The second-order valence-corrected chi connectivity index (χ2v) is 12.4. The van der Waals surface area contributed by atoms with Gasteiger partial charge in [0.1, 0.15) is 0 Å². The molecular formula is C42H27NS. The van der Waals surface area contributed by atoms with Crippen LogP contribution in [0.15, 0.2) is 158 Å². The van der Waals surface area contributed by atoms with Crippen molar-refractivity contribution in [2.75, 3.05) is 5.32 Å². The Kier molecular flexibility index (Phi) is 5.75. The highest BCUT2D eigenvalue weighted by Gasteiger charge is 2.15. The van der Waals surface area contributed by atoms with Crippen LogP contribution in [0.3, 0.4) is 0 Å². The molecule has 1 nitrogen and oxygen atoms in total. The minimum atomic E-state index is 1.07. The molecule has 0 aliphatic heterocycles. The first kappa shape index (κ1) is 25.1. The summed E-state index contributed by atoms with van der Waals surface area (Å²) in [7, 11) is 0. The van der Waals surface area contributed by atoms with E-state index in [1.165, 1.54) is 74.7 Å². The van der Waals surface area contributed by atoms with E-state index in [0.717, 1.165) is 11.4 Å². The molecule has 9 rings (SSSR count). The number of hydrogen-bond acceptors (Lipinski definition) is 2. The lowest BCUT2D eigenvalue weighted by Crippen LogP contribution is -1.93. The van der Waals surface area contributed by atoms with Crippen LogP contribution in [0.5, 0.6) is 0 Å². The lowest BCUT2D eigenvalue weighted by Gasteiger charge is -2.15. The van der Waals surface area contributed by atoms with Crippen LogP contribution in [0, 0.1) is 0 Å². The molecular weight excluding hydrogens is 551 g/mol. The summed E-state index contributed by atoms with van der Waals surface area (Å²) in [5, 5.41) is 14.0. The van der Waals surface area contributed by atoms with Crippen molar-refractivity contribution in [2.45, 2.75) is 0 Å². The molecule has 206 valence electrons. The smallest absolute Gasteiger partial charge is 0.0464 e. The largest absolute Gasteiger partial charge is 0.355 e. The average Bonchev–Trinajstić information content (AvgIpc) is 3.48. The summed E-state index contributed by atoms with van der Waals surface area (Å²) in [5.74, 6) is 0. The molecule has 0 aliphatic carbocycles. The molecule has 1 heterocycles. The van der Waals surface area contributed by atoms with Gasteiger partial charge in [0.2, 0.25) is 0 Å². The molecule has 0 saturated heterocycles. The zero-order valence-corrected chi connectivity index (χ0v) is 24.7. The number of benzene rings is 8. The fourth-order valence-corrected chi connectivity index (χ4v) is 8.11. The van der Waals surface area contributed by atoms with Gasteiger partial charge in [-0.15, -0.1) is 11.3 Å². The van der Waals surface area contributed by atoms with Crippen LogP contribution >= 0.6 is 11.3 Å². The molecule has 0 atom stereocenters. The molecule has 9 aromatic rings. The number of nitrogens with one attached hydrogen (secondary N) is 1. The van der Waals surface area contributed by atoms with E-state index in [2.05, 4.69) is 163 Å². The Hall–Kier alpha value is -5.44. The van der Waals surface area contributed by atoms with Crippen molar-refractivity contribution in [3.8, 4) is 22.3 Å². The molecule has 0 bridgehead atoms. The van der Waals surface area contributed by atoms with Crippen LogP contribution in [0.1, 0.15) is 0 Å². The predicted molar refractivity (Wildman–Crippen MR) is 192 cm³/mol. The summed E-state index contributed by atoms with van der Waals surface area (Å²) in [6, 6.07) is 57.2. The molecule has 0 unspecified atom stereocenters. The topological polar surface area (TPSA) is 12.0 Å². The Morgan fingerprint density at radius 3 is 1.80 bits per heavy atom. The molecule has 8 aromatic carbocycles. The lowest BCUT2D eigenvalue weighted by molar-refractivity contribution is 1.57. The molecule has 0 amide bonds. The van der Waals surface area contributed by atoms with Gasteiger partial charge in [-0.1, -0.05) is 140 Å². The molecule has 2 heteroatoms. The maximum atomic E-state index is 3.72. The standard InChI is InChI=1S/C42H27NS/c1-3-12-31-27(9-1)11-7-16-32(31)29-19-22-30(23-20-29)43-40-26-25-35(34-14-5-6-15-36(34)40)37-17-8-18-38-39-24-21-28-10-2-4-13-33(28)41(39)44-42(37)38/h1-26,43H. The minimum absolute atomic E-state index is 1.07. The van der Waals surface area contributed by atoms with Crippen LogP contribution in [0.25, 0.3) is 74.7 Å². The van der Waals surface area contributed by atoms with Crippen LogP contribution in [-0.2, 0) is 0 Å². The third-order valence-corrected chi connectivity index (χ3v) is 10.2. The SMILES string of the molecule is c1ccc2c(-c3ccc(Nc4ccc(-c5cccc6c5sc5c7ccccc7ccc65)c5ccccc45)cc3)cccc2c1. The summed E-state index contributed by atoms with van der Waals surface area (Å²) in [6.45, 7) is 0.